The van der Waals surface area contributed by atoms with Crippen molar-refractivity contribution in [2.24, 2.45) is 0 Å². The number of nitrogens with zero attached hydrogens (tertiary/aromatic N) is 4. The largest absolute Gasteiger partial charge is 0.496 e. The maximum atomic E-state index is 5.64. The van der Waals surface area contributed by atoms with E-state index in [9.17, 15) is 0 Å². The second kappa shape index (κ2) is 12.5. The number of aromatic nitrogens is 4. The quantitative estimate of drug-likeness (QED) is 0.241. The van der Waals surface area contributed by atoms with Gasteiger partial charge >= 0.3 is 0 Å². The molecule has 35 heavy (non-hydrogen) atoms. The van der Waals surface area contributed by atoms with Gasteiger partial charge in [-0.2, -0.15) is 15.0 Å². The van der Waals surface area contributed by atoms with Crippen molar-refractivity contribution < 1.29 is 13.9 Å². The first-order chi connectivity index (χ1) is 17.3. The van der Waals surface area contributed by atoms with Crippen LogP contribution in [0.15, 0.2) is 65.5 Å². The molecule has 0 aliphatic heterocycles. The fraction of sp³-hybridized carbons (Fsp3) is 0.308. The van der Waals surface area contributed by atoms with Gasteiger partial charge in [0.2, 0.25) is 11.9 Å². The third-order valence-corrected chi connectivity index (χ3v) is 5.21. The van der Waals surface area contributed by atoms with Crippen LogP contribution in [0.3, 0.4) is 0 Å². The summed E-state index contributed by atoms with van der Waals surface area (Å²) >= 11 is 0. The maximum absolute atomic E-state index is 5.64. The zero-order chi connectivity index (χ0) is 24.3. The van der Waals surface area contributed by atoms with Gasteiger partial charge in [0.15, 0.2) is 18.0 Å². The number of unbranched alkanes of at least 4 members (excludes halogenated alkanes) is 1. The van der Waals surface area contributed by atoms with E-state index in [-0.39, 0.29) is 0 Å². The van der Waals surface area contributed by atoms with Crippen LogP contribution >= 0.6 is 0 Å². The summed E-state index contributed by atoms with van der Waals surface area (Å²) in [4.78, 5) is 17.8. The molecule has 0 atom stereocenters. The standard InChI is InChI=1S/C26H30N6O3/c1-3-4-14-34-15-8-13-28-25-30-24(19-9-6-5-7-10-19)31-26(32-25)29-20-11-12-21(22(16-20)33-2)23-17-27-18-35-23/h5-7,9-12,16-18H,3-4,8,13-15H2,1-2H3,(H2,28,29,30,31,32). The molecule has 2 aromatic heterocycles. The molecule has 2 heterocycles. The summed E-state index contributed by atoms with van der Waals surface area (Å²) in [5, 5.41) is 6.57. The van der Waals surface area contributed by atoms with Gasteiger partial charge in [0, 0.05) is 37.1 Å². The van der Waals surface area contributed by atoms with E-state index in [0.29, 0.717) is 42.4 Å². The van der Waals surface area contributed by atoms with Crippen LogP contribution in [0.25, 0.3) is 22.7 Å². The maximum Gasteiger partial charge on any atom is 0.232 e. The van der Waals surface area contributed by atoms with Crippen LogP contribution in [0.2, 0.25) is 0 Å². The first-order valence-corrected chi connectivity index (χ1v) is 11.7. The molecule has 2 aromatic carbocycles. The Morgan fingerprint density at radius 2 is 1.77 bits per heavy atom. The molecule has 0 unspecified atom stereocenters. The molecule has 9 nitrogen and oxygen atoms in total. The van der Waals surface area contributed by atoms with E-state index in [2.05, 4.69) is 37.5 Å². The molecular weight excluding hydrogens is 444 g/mol. The molecule has 4 aromatic rings. The summed E-state index contributed by atoms with van der Waals surface area (Å²) in [6.07, 6.45) is 6.12. The normalized spacial score (nSPS) is 10.8. The van der Waals surface area contributed by atoms with E-state index in [0.717, 1.165) is 42.7 Å². The van der Waals surface area contributed by atoms with Crippen LogP contribution in [0.5, 0.6) is 5.75 Å². The number of methoxy groups -OCH3 is 1. The second-order valence-corrected chi connectivity index (χ2v) is 7.82. The van der Waals surface area contributed by atoms with Gasteiger partial charge in [-0.25, -0.2) is 4.98 Å². The Bertz CT molecular complexity index is 1190. The van der Waals surface area contributed by atoms with E-state index in [1.54, 1.807) is 13.3 Å². The topological polar surface area (TPSA) is 107 Å². The van der Waals surface area contributed by atoms with Crippen LogP contribution in [-0.2, 0) is 4.74 Å². The fourth-order valence-corrected chi connectivity index (χ4v) is 3.40. The smallest absolute Gasteiger partial charge is 0.232 e. The average molecular weight is 475 g/mol. The highest BCUT2D eigenvalue weighted by Gasteiger charge is 2.13. The van der Waals surface area contributed by atoms with Crippen molar-refractivity contribution in [3.05, 3.63) is 61.1 Å². The lowest BCUT2D eigenvalue weighted by Crippen LogP contribution is -2.11. The molecule has 4 rings (SSSR count). The highest BCUT2D eigenvalue weighted by Crippen LogP contribution is 2.33. The molecule has 0 spiro atoms. The van der Waals surface area contributed by atoms with E-state index in [4.69, 9.17) is 13.9 Å². The molecule has 0 aliphatic rings. The summed E-state index contributed by atoms with van der Waals surface area (Å²) in [6, 6.07) is 15.5. The number of ether oxygens (including phenoxy) is 2. The molecule has 0 amide bonds. The van der Waals surface area contributed by atoms with Crippen molar-refractivity contribution in [2.75, 3.05) is 37.5 Å². The predicted molar refractivity (Wildman–Crippen MR) is 136 cm³/mol. The number of rotatable bonds is 13. The molecule has 0 fully saturated rings. The molecule has 0 bridgehead atoms. The number of anilines is 3. The van der Waals surface area contributed by atoms with Gasteiger partial charge in [0.05, 0.1) is 18.9 Å². The lowest BCUT2D eigenvalue weighted by atomic mass is 10.1. The second-order valence-electron chi connectivity index (χ2n) is 7.82. The minimum Gasteiger partial charge on any atom is -0.496 e. The molecule has 0 aliphatic carbocycles. The molecule has 0 radical (unpaired) electrons. The Balaban J connectivity index is 1.51. The van der Waals surface area contributed by atoms with Crippen molar-refractivity contribution in [3.8, 4) is 28.5 Å². The van der Waals surface area contributed by atoms with Gasteiger partial charge in [-0.1, -0.05) is 43.7 Å². The number of benzene rings is 2. The van der Waals surface area contributed by atoms with Crippen molar-refractivity contribution in [1.82, 2.24) is 19.9 Å². The number of oxazole rings is 1. The number of nitrogens with one attached hydrogen (secondary N) is 2. The third kappa shape index (κ3) is 6.77. The zero-order valence-electron chi connectivity index (χ0n) is 20.0. The predicted octanol–water partition coefficient (Wildman–Crippen LogP) is 5.56. The van der Waals surface area contributed by atoms with Crippen LogP contribution in [0.1, 0.15) is 26.2 Å². The van der Waals surface area contributed by atoms with Gasteiger partial charge in [-0.05, 0) is 25.0 Å². The van der Waals surface area contributed by atoms with Gasteiger partial charge in [0.25, 0.3) is 0 Å². The van der Waals surface area contributed by atoms with Gasteiger partial charge in [-0.3, -0.25) is 0 Å². The Kier molecular flexibility index (Phi) is 8.61. The minimum atomic E-state index is 0.426. The SMILES string of the molecule is CCCCOCCCNc1nc(Nc2ccc(-c3cnco3)c(OC)c2)nc(-c2ccccc2)n1. The van der Waals surface area contributed by atoms with Crippen molar-refractivity contribution in [1.29, 1.82) is 0 Å². The van der Waals surface area contributed by atoms with Gasteiger partial charge in [0.1, 0.15) is 5.75 Å². The molecule has 9 heteroatoms. The number of hydrogen-bond donors (Lipinski definition) is 2. The van der Waals surface area contributed by atoms with Crippen LogP contribution in [-0.4, -0.2) is 46.8 Å². The van der Waals surface area contributed by atoms with Crippen LogP contribution < -0.4 is 15.4 Å². The van der Waals surface area contributed by atoms with E-state index in [1.807, 2.05) is 48.5 Å². The monoisotopic (exact) mass is 474 g/mol. The summed E-state index contributed by atoms with van der Waals surface area (Å²) in [7, 11) is 1.61. The van der Waals surface area contributed by atoms with Gasteiger partial charge < -0.3 is 24.5 Å². The molecule has 0 saturated heterocycles. The van der Waals surface area contributed by atoms with Crippen molar-refractivity contribution in [3.63, 3.8) is 0 Å². The zero-order valence-corrected chi connectivity index (χ0v) is 20.0. The van der Waals surface area contributed by atoms with Crippen LogP contribution in [0, 0.1) is 0 Å². The summed E-state index contributed by atoms with van der Waals surface area (Å²) in [5.74, 6) is 2.78. The average Bonchev–Trinajstić information content (AvgIpc) is 3.43. The molecule has 2 N–H and O–H groups in total. The lowest BCUT2D eigenvalue weighted by Gasteiger charge is -2.12. The minimum absolute atomic E-state index is 0.426. The Labute approximate surface area is 205 Å². The molecular formula is C26H30N6O3. The highest BCUT2D eigenvalue weighted by atomic mass is 16.5. The Hall–Kier alpha value is -3.98. The highest BCUT2D eigenvalue weighted by molar-refractivity contribution is 5.71. The van der Waals surface area contributed by atoms with Crippen molar-refractivity contribution in [2.45, 2.75) is 26.2 Å². The molecule has 0 saturated carbocycles. The van der Waals surface area contributed by atoms with E-state index < -0.39 is 0 Å². The fourth-order valence-electron chi connectivity index (χ4n) is 3.40. The Morgan fingerprint density at radius 3 is 2.54 bits per heavy atom. The Morgan fingerprint density at radius 1 is 0.943 bits per heavy atom. The van der Waals surface area contributed by atoms with Gasteiger partial charge in [-0.15, -0.1) is 0 Å². The van der Waals surface area contributed by atoms with Crippen LogP contribution in [0.4, 0.5) is 17.6 Å². The van der Waals surface area contributed by atoms with E-state index in [1.165, 1.54) is 6.39 Å². The van der Waals surface area contributed by atoms with E-state index >= 15 is 0 Å². The lowest BCUT2D eigenvalue weighted by molar-refractivity contribution is 0.131. The third-order valence-electron chi connectivity index (χ3n) is 5.21. The number of hydrogen-bond acceptors (Lipinski definition) is 9. The first-order valence-electron chi connectivity index (χ1n) is 11.7. The summed E-state index contributed by atoms with van der Waals surface area (Å²) < 4.78 is 16.6. The first kappa shape index (κ1) is 24.2. The summed E-state index contributed by atoms with van der Waals surface area (Å²) in [6.45, 7) is 4.35. The summed E-state index contributed by atoms with van der Waals surface area (Å²) in [5.41, 5.74) is 2.48. The molecule has 182 valence electrons. The van der Waals surface area contributed by atoms with Crippen molar-refractivity contribution >= 4 is 17.6 Å².